The van der Waals surface area contributed by atoms with E-state index in [0.29, 0.717) is 21.5 Å². The molecule has 1 fully saturated rings. The third-order valence-corrected chi connectivity index (χ3v) is 6.99. The Bertz CT molecular complexity index is 952. The van der Waals surface area contributed by atoms with E-state index in [2.05, 4.69) is 56.9 Å². The SMILES string of the molecule is C[C@@H]1CC[C@@H](C(C)(C)c2ccccc2)[C@H](O[C](=[W])C#Cc2ccc(C(F)(F)F)cc2)C1. The van der Waals surface area contributed by atoms with Crippen LogP contribution in [0.1, 0.15) is 56.7 Å². The van der Waals surface area contributed by atoms with Crippen molar-refractivity contribution < 1.29 is 37.3 Å². The fraction of sp³-hybridized carbons (Fsp3) is 0.423. The van der Waals surface area contributed by atoms with E-state index in [9.17, 15) is 13.2 Å². The average molecular weight is 596 g/mol. The molecule has 0 amide bonds. The zero-order valence-corrected chi connectivity index (χ0v) is 20.9. The van der Waals surface area contributed by atoms with E-state index in [4.69, 9.17) is 4.74 Å². The molecule has 1 aliphatic rings. The third-order valence-electron chi connectivity index (χ3n) is 6.28. The predicted molar refractivity (Wildman–Crippen MR) is 114 cm³/mol. The van der Waals surface area contributed by atoms with Crippen LogP contribution in [0.4, 0.5) is 13.2 Å². The van der Waals surface area contributed by atoms with Gasteiger partial charge in [-0.05, 0) is 0 Å². The quantitative estimate of drug-likeness (QED) is 0.365. The second-order valence-electron chi connectivity index (χ2n) is 8.88. The summed E-state index contributed by atoms with van der Waals surface area (Å²) >= 11 is 1.13. The Labute approximate surface area is 193 Å². The summed E-state index contributed by atoms with van der Waals surface area (Å²) in [6, 6.07) is 15.5. The molecule has 0 spiro atoms. The first kappa shape index (κ1) is 24.0. The van der Waals surface area contributed by atoms with Gasteiger partial charge in [0.25, 0.3) is 0 Å². The average Bonchev–Trinajstić information content (AvgIpc) is 2.72. The molecule has 0 aromatic heterocycles. The van der Waals surface area contributed by atoms with Crippen molar-refractivity contribution in [2.45, 2.75) is 57.7 Å². The van der Waals surface area contributed by atoms with Gasteiger partial charge in [-0.1, -0.05) is 0 Å². The molecule has 0 radical (unpaired) electrons. The van der Waals surface area contributed by atoms with Crippen molar-refractivity contribution in [1.29, 1.82) is 0 Å². The summed E-state index contributed by atoms with van der Waals surface area (Å²) in [7, 11) is 0. The number of hydrogen-bond acceptors (Lipinski definition) is 1. The van der Waals surface area contributed by atoms with Gasteiger partial charge in [0.15, 0.2) is 0 Å². The van der Waals surface area contributed by atoms with Crippen molar-refractivity contribution >= 4 is 4.08 Å². The van der Waals surface area contributed by atoms with Crippen molar-refractivity contribution in [2.75, 3.05) is 0 Å². The second-order valence-corrected chi connectivity index (χ2v) is 10.2. The first-order valence-corrected chi connectivity index (χ1v) is 12.0. The van der Waals surface area contributed by atoms with Gasteiger partial charge in [0.1, 0.15) is 0 Å². The number of hydrogen-bond donors (Lipinski definition) is 0. The molecule has 2 aromatic rings. The van der Waals surface area contributed by atoms with Crippen molar-refractivity contribution in [1.82, 2.24) is 0 Å². The molecule has 0 unspecified atom stereocenters. The fourth-order valence-electron chi connectivity index (χ4n) is 4.40. The van der Waals surface area contributed by atoms with Crippen LogP contribution >= 0.6 is 0 Å². The molecule has 0 saturated heterocycles. The summed E-state index contributed by atoms with van der Waals surface area (Å²) in [4.78, 5) is 0. The molecule has 1 aliphatic carbocycles. The van der Waals surface area contributed by atoms with Crippen molar-refractivity contribution in [3.8, 4) is 11.8 Å². The maximum absolute atomic E-state index is 12.7. The second kappa shape index (κ2) is 9.84. The molecule has 31 heavy (non-hydrogen) atoms. The van der Waals surface area contributed by atoms with Crippen LogP contribution in [0, 0.1) is 23.7 Å². The molecule has 1 saturated carbocycles. The predicted octanol–water partition coefficient (Wildman–Crippen LogP) is 6.53. The van der Waals surface area contributed by atoms with Crippen molar-refractivity contribution in [3.63, 3.8) is 0 Å². The monoisotopic (exact) mass is 596 g/mol. The molecule has 0 heterocycles. The first-order valence-electron chi connectivity index (χ1n) is 10.5. The van der Waals surface area contributed by atoms with Crippen LogP contribution in [0.5, 0.6) is 0 Å². The number of rotatable bonds is 4. The van der Waals surface area contributed by atoms with Crippen molar-refractivity contribution in [3.05, 3.63) is 71.3 Å². The summed E-state index contributed by atoms with van der Waals surface area (Å²) in [5.41, 5.74) is 1.17. The molecule has 5 heteroatoms. The van der Waals surface area contributed by atoms with E-state index >= 15 is 0 Å². The Kier molecular flexibility index (Phi) is 7.61. The topological polar surface area (TPSA) is 9.23 Å². The van der Waals surface area contributed by atoms with Crippen LogP contribution in [0.3, 0.4) is 0 Å². The molecule has 0 bridgehead atoms. The Morgan fingerprint density at radius 1 is 0.968 bits per heavy atom. The van der Waals surface area contributed by atoms with Crippen LogP contribution in [-0.2, 0) is 35.7 Å². The molecule has 3 rings (SSSR count). The fourth-order valence-corrected chi connectivity index (χ4v) is 5.03. The number of alkyl halides is 3. The normalized spacial score (nSPS) is 21.8. The molecular weight excluding hydrogens is 569 g/mol. The van der Waals surface area contributed by atoms with E-state index in [-0.39, 0.29) is 11.5 Å². The van der Waals surface area contributed by atoms with Crippen molar-refractivity contribution in [2.24, 2.45) is 11.8 Å². The minimum absolute atomic E-state index is 0.0253. The molecule has 1 nitrogen and oxygen atoms in total. The van der Waals surface area contributed by atoms with Gasteiger partial charge in [0.2, 0.25) is 0 Å². The van der Waals surface area contributed by atoms with Gasteiger partial charge in [0, 0.05) is 0 Å². The summed E-state index contributed by atoms with van der Waals surface area (Å²) in [5.74, 6) is 6.95. The Morgan fingerprint density at radius 3 is 2.23 bits per heavy atom. The summed E-state index contributed by atoms with van der Waals surface area (Å²) in [6.07, 6.45) is -0.987. The van der Waals surface area contributed by atoms with Gasteiger partial charge in [-0.3, -0.25) is 0 Å². The van der Waals surface area contributed by atoms with Gasteiger partial charge in [-0.25, -0.2) is 0 Å². The first-order chi connectivity index (χ1) is 14.6. The van der Waals surface area contributed by atoms with Gasteiger partial charge in [0.05, 0.1) is 0 Å². The third kappa shape index (κ3) is 6.18. The maximum atomic E-state index is 12.7. The zero-order chi connectivity index (χ0) is 22.6. The van der Waals surface area contributed by atoms with E-state index in [0.717, 1.165) is 44.3 Å². The Hall–Kier alpha value is -1.69. The number of benzene rings is 2. The van der Waals surface area contributed by atoms with Crippen LogP contribution in [0.25, 0.3) is 0 Å². The van der Waals surface area contributed by atoms with Gasteiger partial charge < -0.3 is 0 Å². The molecule has 2 aromatic carbocycles. The van der Waals surface area contributed by atoms with E-state index in [1.807, 2.05) is 6.07 Å². The molecule has 0 N–H and O–H groups in total. The van der Waals surface area contributed by atoms with Crippen LogP contribution < -0.4 is 0 Å². The summed E-state index contributed by atoms with van der Waals surface area (Å²) in [5, 5.41) is 0. The van der Waals surface area contributed by atoms with Gasteiger partial charge in [-0.15, -0.1) is 0 Å². The van der Waals surface area contributed by atoms with Crippen LogP contribution in [-0.4, -0.2) is 10.2 Å². The molecule has 164 valence electrons. The van der Waals surface area contributed by atoms with Crippen LogP contribution in [0.15, 0.2) is 54.6 Å². The minimum atomic E-state index is -4.33. The van der Waals surface area contributed by atoms with E-state index < -0.39 is 11.7 Å². The zero-order valence-electron chi connectivity index (χ0n) is 18.0. The molecule has 3 atom stereocenters. The molecule has 0 aliphatic heterocycles. The van der Waals surface area contributed by atoms with E-state index in [1.54, 1.807) is 0 Å². The van der Waals surface area contributed by atoms with Gasteiger partial charge in [-0.2, -0.15) is 0 Å². The number of ether oxygens (including phenoxy) is 1. The summed E-state index contributed by atoms with van der Waals surface area (Å²) < 4.78 is 45.2. The van der Waals surface area contributed by atoms with Crippen LogP contribution in [0.2, 0.25) is 0 Å². The van der Waals surface area contributed by atoms with Gasteiger partial charge >= 0.3 is 194 Å². The summed E-state index contributed by atoms with van der Waals surface area (Å²) in [6.45, 7) is 6.84. The molecular formula is C26H27F3OW. The van der Waals surface area contributed by atoms with E-state index in [1.165, 1.54) is 24.1 Å². The Morgan fingerprint density at radius 2 is 1.61 bits per heavy atom. The Balaban J connectivity index is 1.73. The standard InChI is InChI=1S/C26H27F3O.W/c1-19-11-16-23(25(2,3)21-9-5-4-6-10-21)24(18-19)30-17-7-8-20-12-14-22(15-13-20)26(27,28)29;/h4-6,9-10,12-15,19,23-24H,11,16,18H2,1-3H3;/t19-,23-,24-;/m1./s1. The number of halogens is 3.